The monoisotopic (exact) mass is 384 g/mol. The van der Waals surface area contributed by atoms with E-state index in [4.69, 9.17) is 16.0 Å². The van der Waals surface area contributed by atoms with E-state index in [-0.39, 0.29) is 5.35 Å². The van der Waals surface area contributed by atoms with Crippen LogP contribution in [0.2, 0.25) is 5.35 Å². The third-order valence-corrected chi connectivity index (χ3v) is 3.15. The summed E-state index contributed by atoms with van der Waals surface area (Å²) in [5.41, 5.74) is 0.874. The van der Waals surface area contributed by atoms with Crippen molar-refractivity contribution in [3.05, 3.63) is 31.6 Å². The van der Waals surface area contributed by atoms with Gasteiger partial charge in [-0.25, -0.2) is 0 Å². The van der Waals surface area contributed by atoms with Crippen LogP contribution in [0.25, 0.3) is 11.5 Å². The Morgan fingerprint density at radius 1 is 1.36 bits per heavy atom. The highest BCUT2D eigenvalue weighted by molar-refractivity contribution is 14.1. The van der Waals surface area contributed by atoms with Crippen molar-refractivity contribution in [3.63, 3.8) is 0 Å². The smallest absolute Gasteiger partial charge is 0.313 e. The van der Waals surface area contributed by atoms with Crippen LogP contribution in [0.5, 0.6) is 0 Å². The topological polar surface area (TPSA) is 38.9 Å². The highest BCUT2D eigenvalue weighted by Gasteiger charge is 2.10. The number of hydrogen-bond donors (Lipinski definition) is 0. The molecule has 0 saturated heterocycles. The Labute approximate surface area is 107 Å². The Morgan fingerprint density at radius 2 is 2.14 bits per heavy atom. The first kappa shape index (κ1) is 10.4. The molecule has 6 heteroatoms. The van der Waals surface area contributed by atoms with Crippen LogP contribution in [0.1, 0.15) is 0 Å². The zero-order valence-electron chi connectivity index (χ0n) is 6.67. The van der Waals surface area contributed by atoms with Crippen molar-refractivity contribution < 1.29 is 4.42 Å². The highest BCUT2D eigenvalue weighted by atomic mass is 127. The Bertz CT molecular complexity index is 474. The Kier molecular flexibility index (Phi) is 3.08. The van der Waals surface area contributed by atoms with Gasteiger partial charge in [-0.3, -0.25) is 0 Å². The van der Waals surface area contributed by atoms with Crippen molar-refractivity contribution in [2.75, 3.05) is 0 Å². The largest absolute Gasteiger partial charge is 0.407 e. The van der Waals surface area contributed by atoms with Gasteiger partial charge in [0.25, 0.3) is 0 Å². The average molecular weight is 385 g/mol. The quantitative estimate of drug-likeness (QED) is 0.702. The van der Waals surface area contributed by atoms with Gasteiger partial charge in [0.2, 0.25) is 5.89 Å². The van der Waals surface area contributed by atoms with E-state index in [1.807, 2.05) is 18.2 Å². The zero-order valence-corrected chi connectivity index (χ0v) is 11.2. The van der Waals surface area contributed by atoms with Gasteiger partial charge in [0, 0.05) is 8.04 Å². The van der Waals surface area contributed by atoms with E-state index in [0.717, 1.165) is 13.6 Å². The second-order valence-electron chi connectivity index (χ2n) is 2.48. The summed E-state index contributed by atoms with van der Waals surface area (Å²) in [5, 5.41) is 7.46. The van der Waals surface area contributed by atoms with Crippen LogP contribution >= 0.6 is 50.1 Å². The van der Waals surface area contributed by atoms with Crippen molar-refractivity contribution in [2.45, 2.75) is 0 Å². The standard InChI is InChI=1S/C8H3BrClIN2O/c9-4-1-2-6(11)5(3-4)7-12-13-8(10)14-7/h1-3H. The lowest BCUT2D eigenvalue weighted by molar-refractivity contribution is 0.570. The van der Waals surface area contributed by atoms with Crippen LogP contribution < -0.4 is 0 Å². The maximum absolute atomic E-state index is 5.55. The minimum Gasteiger partial charge on any atom is -0.407 e. The Hall–Kier alpha value is -0.140. The van der Waals surface area contributed by atoms with E-state index < -0.39 is 0 Å². The van der Waals surface area contributed by atoms with Crippen molar-refractivity contribution in [1.82, 2.24) is 10.2 Å². The van der Waals surface area contributed by atoms with Gasteiger partial charge in [-0.15, -0.1) is 5.10 Å². The number of halogens is 3. The molecule has 0 amide bonds. The molecule has 0 unspecified atom stereocenters. The molecule has 72 valence electrons. The van der Waals surface area contributed by atoms with Gasteiger partial charge in [0.05, 0.1) is 5.56 Å². The fraction of sp³-hybridized carbons (Fsp3) is 0. The van der Waals surface area contributed by atoms with Crippen LogP contribution in [0.3, 0.4) is 0 Å². The molecular formula is C8H3BrClIN2O. The third kappa shape index (κ3) is 2.09. The molecular weight excluding hydrogens is 382 g/mol. The molecule has 2 aromatic rings. The molecule has 0 N–H and O–H groups in total. The molecule has 14 heavy (non-hydrogen) atoms. The third-order valence-electron chi connectivity index (χ3n) is 1.56. The Balaban J connectivity index is 2.55. The van der Waals surface area contributed by atoms with Gasteiger partial charge >= 0.3 is 5.35 Å². The summed E-state index contributed by atoms with van der Waals surface area (Å²) in [6.45, 7) is 0. The summed E-state index contributed by atoms with van der Waals surface area (Å²) in [4.78, 5) is 0. The van der Waals surface area contributed by atoms with E-state index in [9.17, 15) is 0 Å². The summed E-state index contributed by atoms with van der Waals surface area (Å²) in [6.07, 6.45) is 0. The molecule has 0 spiro atoms. The van der Waals surface area contributed by atoms with Gasteiger partial charge in [0.15, 0.2) is 0 Å². The number of rotatable bonds is 1. The van der Waals surface area contributed by atoms with Crippen LogP contribution in [0, 0.1) is 3.57 Å². The van der Waals surface area contributed by atoms with Crippen LogP contribution in [0.4, 0.5) is 0 Å². The highest BCUT2D eigenvalue weighted by Crippen LogP contribution is 2.28. The molecule has 0 aliphatic heterocycles. The average Bonchev–Trinajstić information content (AvgIpc) is 2.56. The maximum Gasteiger partial charge on any atom is 0.313 e. The van der Waals surface area contributed by atoms with Crippen molar-refractivity contribution in [2.24, 2.45) is 0 Å². The van der Waals surface area contributed by atoms with Crippen molar-refractivity contribution in [3.8, 4) is 11.5 Å². The molecule has 1 aromatic carbocycles. The van der Waals surface area contributed by atoms with E-state index in [1.54, 1.807) is 0 Å². The maximum atomic E-state index is 5.55. The Morgan fingerprint density at radius 3 is 2.79 bits per heavy atom. The van der Waals surface area contributed by atoms with Crippen LogP contribution in [0.15, 0.2) is 27.1 Å². The molecule has 0 bridgehead atoms. The predicted molar refractivity (Wildman–Crippen MR) is 65.2 cm³/mol. The summed E-state index contributed by atoms with van der Waals surface area (Å²) < 4.78 is 7.12. The number of aromatic nitrogens is 2. The predicted octanol–water partition coefficient (Wildman–Crippen LogP) is 3.76. The first-order valence-corrected chi connectivity index (χ1v) is 5.86. The SMILES string of the molecule is Clc1nnc(-c2cc(Br)ccc2I)o1. The number of benzene rings is 1. The second kappa shape index (κ2) is 4.16. The van der Waals surface area contributed by atoms with E-state index >= 15 is 0 Å². The van der Waals surface area contributed by atoms with Crippen LogP contribution in [-0.2, 0) is 0 Å². The van der Waals surface area contributed by atoms with Crippen molar-refractivity contribution >= 4 is 50.1 Å². The molecule has 1 heterocycles. The first-order chi connectivity index (χ1) is 6.66. The fourth-order valence-corrected chi connectivity index (χ4v) is 2.01. The first-order valence-electron chi connectivity index (χ1n) is 3.61. The summed E-state index contributed by atoms with van der Waals surface area (Å²) in [5.74, 6) is 0.431. The zero-order chi connectivity index (χ0) is 10.1. The van der Waals surface area contributed by atoms with E-state index in [2.05, 4.69) is 48.7 Å². The molecule has 0 radical (unpaired) electrons. The fourth-order valence-electron chi connectivity index (χ4n) is 0.976. The van der Waals surface area contributed by atoms with Gasteiger partial charge in [-0.1, -0.05) is 21.0 Å². The van der Waals surface area contributed by atoms with Gasteiger partial charge in [-0.2, -0.15) is 0 Å². The van der Waals surface area contributed by atoms with E-state index in [0.29, 0.717) is 5.89 Å². The summed E-state index contributed by atoms with van der Waals surface area (Å²) in [6, 6.07) is 5.81. The van der Waals surface area contributed by atoms with Crippen molar-refractivity contribution in [1.29, 1.82) is 0 Å². The normalized spacial score (nSPS) is 10.5. The lowest BCUT2D eigenvalue weighted by Crippen LogP contribution is -1.83. The number of hydrogen-bond acceptors (Lipinski definition) is 3. The molecule has 1 aromatic heterocycles. The molecule has 0 aliphatic rings. The minimum atomic E-state index is 0.0516. The van der Waals surface area contributed by atoms with Gasteiger partial charge in [0.1, 0.15) is 0 Å². The molecule has 0 fully saturated rings. The lowest BCUT2D eigenvalue weighted by Gasteiger charge is -1.98. The molecule has 0 atom stereocenters. The summed E-state index contributed by atoms with van der Waals surface area (Å²) in [7, 11) is 0. The van der Waals surface area contributed by atoms with E-state index in [1.165, 1.54) is 0 Å². The molecule has 3 nitrogen and oxygen atoms in total. The second-order valence-corrected chi connectivity index (χ2v) is 4.89. The van der Waals surface area contributed by atoms with Crippen LogP contribution in [-0.4, -0.2) is 10.2 Å². The van der Waals surface area contributed by atoms with Gasteiger partial charge in [-0.05, 0) is 52.4 Å². The molecule has 0 aliphatic carbocycles. The molecule has 2 rings (SSSR count). The molecule has 0 saturated carbocycles. The minimum absolute atomic E-state index is 0.0516. The summed E-state index contributed by atoms with van der Waals surface area (Å²) >= 11 is 11.1. The lowest BCUT2D eigenvalue weighted by atomic mass is 10.2. The van der Waals surface area contributed by atoms with Gasteiger partial charge < -0.3 is 4.42 Å². The number of nitrogens with zero attached hydrogens (tertiary/aromatic N) is 2.